The highest BCUT2D eigenvalue weighted by Gasteiger charge is 2.15. The molecule has 5 heteroatoms. The lowest BCUT2D eigenvalue weighted by atomic mass is 9.96. The van der Waals surface area contributed by atoms with E-state index in [1.165, 1.54) is 11.1 Å². The van der Waals surface area contributed by atoms with Crippen molar-refractivity contribution in [3.63, 3.8) is 0 Å². The summed E-state index contributed by atoms with van der Waals surface area (Å²) in [6.45, 7) is 8.11. The first-order chi connectivity index (χ1) is 8.32. The van der Waals surface area contributed by atoms with E-state index < -0.39 is 5.41 Å². The summed E-state index contributed by atoms with van der Waals surface area (Å²) in [5.74, 6) is 0.336. The van der Waals surface area contributed by atoms with Gasteiger partial charge in [0.1, 0.15) is 0 Å². The van der Waals surface area contributed by atoms with Crippen molar-refractivity contribution in [1.82, 2.24) is 0 Å². The Labute approximate surface area is 132 Å². The normalized spacial score (nSPS) is 11.4. The molecule has 0 atom stereocenters. The summed E-state index contributed by atoms with van der Waals surface area (Å²) in [4.78, 5) is 4.18. The van der Waals surface area contributed by atoms with Crippen LogP contribution in [0.4, 0.5) is 5.69 Å². The lowest BCUT2D eigenvalue weighted by molar-refractivity contribution is 0.512. The second kappa shape index (κ2) is 7.34. The van der Waals surface area contributed by atoms with Crippen molar-refractivity contribution in [2.45, 2.75) is 27.7 Å². The summed E-state index contributed by atoms with van der Waals surface area (Å²) in [5.41, 5.74) is 8.56. The molecule has 0 aliphatic carbocycles. The van der Waals surface area contributed by atoms with Crippen LogP contribution in [-0.2, 0) is 0 Å². The number of nitriles is 1. The summed E-state index contributed by atoms with van der Waals surface area (Å²) < 4.78 is 0. The Morgan fingerprint density at radius 2 is 1.84 bits per heavy atom. The van der Waals surface area contributed by atoms with Crippen LogP contribution in [0.2, 0.25) is 0 Å². The number of nitrogens with one attached hydrogen (secondary N) is 1. The quantitative estimate of drug-likeness (QED) is 0.486. The number of rotatable bonds is 3. The summed E-state index contributed by atoms with van der Waals surface area (Å²) >= 11 is 0. The Balaban J connectivity index is 0.00000324. The zero-order valence-electron chi connectivity index (χ0n) is 11.8. The molecule has 0 heterocycles. The number of nitrogens with two attached hydrogens (primary N) is 1. The third kappa shape index (κ3) is 6.43. The number of nitrogens with zero attached hydrogens (tertiary/aromatic N) is 2. The van der Waals surface area contributed by atoms with Crippen LogP contribution in [0.15, 0.2) is 23.2 Å². The van der Waals surface area contributed by atoms with Gasteiger partial charge in [-0.25, -0.2) is 0 Å². The van der Waals surface area contributed by atoms with Gasteiger partial charge in [0.05, 0.1) is 18.0 Å². The molecule has 0 aromatic heterocycles. The number of halogens is 1. The summed E-state index contributed by atoms with van der Waals surface area (Å²) in [7, 11) is 0. The fourth-order valence-electron chi connectivity index (χ4n) is 1.55. The molecule has 4 nitrogen and oxygen atoms in total. The van der Waals surface area contributed by atoms with Gasteiger partial charge in [0, 0.05) is 5.69 Å². The standard InChI is InChI=1S/C14H20N4.HI/c1-10-5-11(2)7-12(6-10)18-13(16)17-9-14(3,4)8-15;/h5-7H,9H2,1-4H3,(H3,16,17,18);1H. The predicted molar refractivity (Wildman–Crippen MR) is 90.8 cm³/mol. The molecule has 0 saturated carbocycles. The summed E-state index contributed by atoms with van der Waals surface area (Å²) in [6.07, 6.45) is 0. The first kappa shape index (κ1) is 17.7. The second-order valence-electron chi connectivity index (χ2n) is 5.20. The van der Waals surface area contributed by atoms with E-state index in [2.05, 4.69) is 22.4 Å². The molecular weight excluding hydrogens is 351 g/mol. The van der Waals surface area contributed by atoms with Gasteiger partial charge in [-0.1, -0.05) is 6.07 Å². The Morgan fingerprint density at radius 3 is 2.32 bits per heavy atom. The number of hydrogen-bond acceptors (Lipinski definition) is 2. The maximum Gasteiger partial charge on any atom is 0.193 e. The molecule has 0 bridgehead atoms. The zero-order chi connectivity index (χ0) is 13.8. The highest BCUT2D eigenvalue weighted by atomic mass is 127. The van der Waals surface area contributed by atoms with Gasteiger partial charge in [-0.05, 0) is 51.0 Å². The van der Waals surface area contributed by atoms with Crippen LogP contribution in [0.25, 0.3) is 0 Å². The molecule has 19 heavy (non-hydrogen) atoms. The van der Waals surface area contributed by atoms with Gasteiger partial charge in [0.15, 0.2) is 5.96 Å². The van der Waals surface area contributed by atoms with Crippen LogP contribution in [-0.4, -0.2) is 12.5 Å². The first-order valence-corrected chi connectivity index (χ1v) is 5.89. The fourth-order valence-corrected chi connectivity index (χ4v) is 1.55. The minimum Gasteiger partial charge on any atom is -0.370 e. The Bertz CT molecular complexity index is 480. The van der Waals surface area contributed by atoms with Crippen molar-refractivity contribution in [3.05, 3.63) is 29.3 Å². The van der Waals surface area contributed by atoms with Gasteiger partial charge < -0.3 is 11.1 Å². The topological polar surface area (TPSA) is 74.2 Å². The largest absolute Gasteiger partial charge is 0.370 e. The molecule has 104 valence electrons. The molecule has 0 amide bonds. The Hall–Kier alpha value is -1.29. The van der Waals surface area contributed by atoms with Crippen LogP contribution in [0.1, 0.15) is 25.0 Å². The van der Waals surface area contributed by atoms with E-state index in [-0.39, 0.29) is 24.0 Å². The highest BCUT2D eigenvalue weighted by Crippen LogP contribution is 2.15. The van der Waals surface area contributed by atoms with Crippen LogP contribution >= 0.6 is 24.0 Å². The number of hydrogen-bond donors (Lipinski definition) is 2. The summed E-state index contributed by atoms with van der Waals surface area (Å²) in [5, 5.41) is 11.9. The lowest BCUT2D eigenvalue weighted by Gasteiger charge is -2.13. The van der Waals surface area contributed by atoms with Crippen LogP contribution in [0.5, 0.6) is 0 Å². The Kier molecular flexibility index (Phi) is 6.84. The van der Waals surface area contributed by atoms with E-state index in [0.29, 0.717) is 12.5 Å². The van der Waals surface area contributed by atoms with Gasteiger partial charge in [0.25, 0.3) is 0 Å². The molecule has 0 aliphatic heterocycles. The van der Waals surface area contributed by atoms with Crippen molar-refractivity contribution in [3.8, 4) is 6.07 Å². The van der Waals surface area contributed by atoms with Crippen LogP contribution in [0.3, 0.4) is 0 Å². The first-order valence-electron chi connectivity index (χ1n) is 5.89. The maximum absolute atomic E-state index is 8.89. The molecule has 0 radical (unpaired) electrons. The van der Waals surface area contributed by atoms with Gasteiger partial charge in [-0.3, -0.25) is 4.99 Å². The van der Waals surface area contributed by atoms with Crippen LogP contribution < -0.4 is 11.1 Å². The molecule has 0 aliphatic rings. The van der Waals surface area contributed by atoms with Crippen molar-refractivity contribution < 1.29 is 0 Å². The maximum atomic E-state index is 8.89. The third-order valence-corrected chi connectivity index (χ3v) is 2.44. The van der Waals surface area contributed by atoms with Gasteiger partial charge in [-0.2, -0.15) is 5.26 Å². The molecule has 3 N–H and O–H groups in total. The molecule has 1 aromatic carbocycles. The average molecular weight is 372 g/mol. The molecular formula is C14H21IN4. The molecule has 1 aromatic rings. The molecule has 1 rings (SSSR count). The number of aliphatic imine (C=N–C) groups is 1. The second-order valence-corrected chi connectivity index (χ2v) is 5.20. The minimum atomic E-state index is -0.491. The predicted octanol–water partition coefficient (Wildman–Crippen LogP) is 3.20. The molecule has 0 fully saturated rings. The molecule has 0 saturated heterocycles. The van der Waals surface area contributed by atoms with Crippen LogP contribution in [0, 0.1) is 30.6 Å². The third-order valence-electron chi connectivity index (χ3n) is 2.44. The van der Waals surface area contributed by atoms with E-state index in [1.54, 1.807) is 0 Å². The van der Waals surface area contributed by atoms with Gasteiger partial charge in [0.2, 0.25) is 0 Å². The smallest absolute Gasteiger partial charge is 0.193 e. The highest BCUT2D eigenvalue weighted by molar-refractivity contribution is 14.0. The zero-order valence-corrected chi connectivity index (χ0v) is 14.1. The number of aryl methyl sites for hydroxylation is 2. The molecule has 0 unspecified atom stereocenters. The van der Waals surface area contributed by atoms with Crippen molar-refractivity contribution >= 4 is 35.6 Å². The van der Waals surface area contributed by atoms with Gasteiger partial charge >= 0.3 is 0 Å². The van der Waals surface area contributed by atoms with Gasteiger partial charge in [-0.15, -0.1) is 24.0 Å². The van der Waals surface area contributed by atoms with Crippen molar-refractivity contribution in [2.75, 3.05) is 11.9 Å². The number of anilines is 1. The lowest BCUT2D eigenvalue weighted by Crippen LogP contribution is -2.25. The SMILES string of the molecule is Cc1cc(C)cc(NC(N)=NCC(C)(C)C#N)c1.I. The number of benzene rings is 1. The summed E-state index contributed by atoms with van der Waals surface area (Å²) in [6, 6.07) is 8.29. The van der Waals surface area contributed by atoms with E-state index in [0.717, 1.165) is 5.69 Å². The van der Waals surface area contributed by atoms with Crippen molar-refractivity contribution in [2.24, 2.45) is 16.1 Å². The number of guanidine groups is 1. The van der Waals surface area contributed by atoms with E-state index in [9.17, 15) is 0 Å². The van der Waals surface area contributed by atoms with E-state index >= 15 is 0 Å². The average Bonchev–Trinajstić information content (AvgIpc) is 2.25. The van der Waals surface area contributed by atoms with Crippen molar-refractivity contribution in [1.29, 1.82) is 5.26 Å². The monoisotopic (exact) mass is 372 g/mol. The molecule has 0 spiro atoms. The fraction of sp³-hybridized carbons (Fsp3) is 0.429. The Morgan fingerprint density at radius 1 is 1.32 bits per heavy atom. The van der Waals surface area contributed by atoms with E-state index in [4.69, 9.17) is 11.0 Å². The van der Waals surface area contributed by atoms with E-state index in [1.807, 2.05) is 39.8 Å². The minimum absolute atomic E-state index is 0.